The van der Waals surface area contributed by atoms with Gasteiger partial charge in [0, 0.05) is 11.1 Å². The fourth-order valence-electron chi connectivity index (χ4n) is 2.35. The molecule has 0 amide bonds. The van der Waals surface area contributed by atoms with Crippen molar-refractivity contribution in [2.75, 3.05) is 6.54 Å². The van der Waals surface area contributed by atoms with Gasteiger partial charge >= 0.3 is 0 Å². The number of halogens is 1. The summed E-state index contributed by atoms with van der Waals surface area (Å²) in [7, 11) is 0. The molecule has 16 heavy (non-hydrogen) atoms. The molecular formula is C14H20ClN. The van der Waals surface area contributed by atoms with Crippen molar-refractivity contribution in [1.82, 2.24) is 5.32 Å². The van der Waals surface area contributed by atoms with Crippen molar-refractivity contribution < 1.29 is 0 Å². The van der Waals surface area contributed by atoms with Gasteiger partial charge in [0.1, 0.15) is 0 Å². The van der Waals surface area contributed by atoms with E-state index in [2.05, 4.69) is 37.4 Å². The number of nitrogens with one attached hydrogen (secondary N) is 1. The molecule has 88 valence electrons. The lowest BCUT2D eigenvalue weighted by molar-refractivity contribution is 0.646. The minimum Gasteiger partial charge on any atom is -0.310 e. The summed E-state index contributed by atoms with van der Waals surface area (Å²) in [6.45, 7) is 5.57. The van der Waals surface area contributed by atoms with Crippen LogP contribution >= 0.6 is 11.6 Å². The summed E-state index contributed by atoms with van der Waals surface area (Å²) in [6, 6.07) is 7.09. The second-order valence-electron chi connectivity index (χ2n) is 4.74. The highest BCUT2D eigenvalue weighted by molar-refractivity contribution is 6.31. The lowest BCUT2D eigenvalue weighted by atomic mass is 9.95. The molecule has 2 unspecified atom stereocenters. The zero-order valence-corrected chi connectivity index (χ0v) is 10.8. The molecule has 1 fully saturated rings. The maximum absolute atomic E-state index is 6.35. The van der Waals surface area contributed by atoms with Crippen LogP contribution in [-0.2, 0) is 0 Å². The van der Waals surface area contributed by atoms with Crippen LogP contribution in [0.3, 0.4) is 0 Å². The molecule has 2 atom stereocenters. The molecule has 1 aromatic carbocycles. The Labute approximate surface area is 103 Å². The van der Waals surface area contributed by atoms with Crippen LogP contribution < -0.4 is 5.32 Å². The monoisotopic (exact) mass is 237 g/mol. The summed E-state index contributed by atoms with van der Waals surface area (Å²) in [5.41, 5.74) is 2.63. The minimum atomic E-state index is 0.517. The standard InChI is InChI=1S/C14H20ClN/c1-3-10(2)12-7-6-11(9-13(12)15)14-5-4-8-16-14/h6-7,9-10,14,16H,3-5,8H2,1-2H3. The van der Waals surface area contributed by atoms with Gasteiger partial charge in [0.2, 0.25) is 0 Å². The Kier molecular flexibility index (Phi) is 3.88. The normalized spacial score (nSPS) is 22.3. The van der Waals surface area contributed by atoms with Gasteiger partial charge in [-0.25, -0.2) is 0 Å². The summed E-state index contributed by atoms with van der Waals surface area (Å²) in [5, 5.41) is 4.44. The zero-order valence-electron chi connectivity index (χ0n) is 10.1. The zero-order chi connectivity index (χ0) is 11.5. The molecule has 1 nitrogen and oxygen atoms in total. The van der Waals surface area contributed by atoms with Crippen LogP contribution in [0.25, 0.3) is 0 Å². The predicted octanol–water partition coefficient (Wildman–Crippen LogP) is 4.28. The van der Waals surface area contributed by atoms with E-state index in [9.17, 15) is 0 Å². The van der Waals surface area contributed by atoms with Crippen LogP contribution in [0, 0.1) is 0 Å². The molecule has 1 heterocycles. The Morgan fingerprint density at radius 1 is 1.50 bits per heavy atom. The first kappa shape index (κ1) is 11.9. The molecule has 0 radical (unpaired) electrons. The highest BCUT2D eigenvalue weighted by Gasteiger charge is 2.17. The lowest BCUT2D eigenvalue weighted by Crippen LogP contribution is -2.12. The molecule has 1 aliphatic rings. The van der Waals surface area contributed by atoms with E-state index in [0.29, 0.717) is 12.0 Å². The predicted molar refractivity (Wildman–Crippen MR) is 70.1 cm³/mol. The number of hydrogen-bond acceptors (Lipinski definition) is 1. The summed E-state index contributed by atoms with van der Waals surface area (Å²) < 4.78 is 0. The molecule has 1 aromatic rings. The van der Waals surface area contributed by atoms with Gasteiger partial charge in [-0.1, -0.05) is 37.6 Å². The third-order valence-corrected chi connectivity index (χ3v) is 3.96. The lowest BCUT2D eigenvalue weighted by Gasteiger charge is -2.15. The number of rotatable bonds is 3. The van der Waals surface area contributed by atoms with Crippen LogP contribution in [-0.4, -0.2) is 6.54 Å². The molecular weight excluding hydrogens is 218 g/mol. The van der Waals surface area contributed by atoms with E-state index in [0.717, 1.165) is 18.0 Å². The van der Waals surface area contributed by atoms with Crippen LogP contribution in [0.5, 0.6) is 0 Å². The molecule has 2 rings (SSSR count). The van der Waals surface area contributed by atoms with Gasteiger partial charge in [-0.15, -0.1) is 0 Å². The Morgan fingerprint density at radius 2 is 2.31 bits per heavy atom. The maximum atomic E-state index is 6.35. The van der Waals surface area contributed by atoms with Gasteiger partial charge in [0.05, 0.1) is 0 Å². The third kappa shape index (κ3) is 2.41. The summed E-state index contributed by atoms with van der Waals surface area (Å²) in [5.74, 6) is 0.554. The van der Waals surface area contributed by atoms with Crippen LogP contribution in [0.15, 0.2) is 18.2 Å². The Bertz CT molecular complexity index is 356. The van der Waals surface area contributed by atoms with E-state index in [1.54, 1.807) is 0 Å². The van der Waals surface area contributed by atoms with Crippen LogP contribution in [0.1, 0.15) is 56.2 Å². The van der Waals surface area contributed by atoms with Gasteiger partial charge < -0.3 is 5.32 Å². The minimum absolute atomic E-state index is 0.517. The first-order chi connectivity index (χ1) is 7.72. The van der Waals surface area contributed by atoms with E-state index in [1.807, 2.05) is 0 Å². The second-order valence-corrected chi connectivity index (χ2v) is 5.15. The van der Waals surface area contributed by atoms with Gasteiger partial charge in [-0.3, -0.25) is 0 Å². The average molecular weight is 238 g/mol. The summed E-state index contributed by atoms with van der Waals surface area (Å²) >= 11 is 6.35. The molecule has 0 aliphatic carbocycles. The van der Waals surface area contributed by atoms with Gasteiger partial charge in [-0.05, 0) is 48.9 Å². The van der Waals surface area contributed by atoms with E-state index in [4.69, 9.17) is 11.6 Å². The Morgan fingerprint density at radius 3 is 2.88 bits per heavy atom. The van der Waals surface area contributed by atoms with E-state index < -0.39 is 0 Å². The van der Waals surface area contributed by atoms with Crippen molar-refractivity contribution in [1.29, 1.82) is 0 Å². The molecule has 1 N–H and O–H groups in total. The molecule has 0 saturated carbocycles. The molecule has 1 aliphatic heterocycles. The smallest absolute Gasteiger partial charge is 0.0444 e. The molecule has 1 saturated heterocycles. The maximum Gasteiger partial charge on any atom is 0.0444 e. The van der Waals surface area contributed by atoms with Crippen molar-refractivity contribution in [2.24, 2.45) is 0 Å². The topological polar surface area (TPSA) is 12.0 Å². The molecule has 0 bridgehead atoms. The second kappa shape index (κ2) is 5.20. The van der Waals surface area contributed by atoms with E-state index >= 15 is 0 Å². The van der Waals surface area contributed by atoms with Crippen molar-refractivity contribution in [2.45, 2.75) is 45.1 Å². The first-order valence-corrected chi connectivity index (χ1v) is 6.63. The summed E-state index contributed by atoms with van der Waals surface area (Å²) in [4.78, 5) is 0. The van der Waals surface area contributed by atoms with Crippen molar-refractivity contribution in [3.63, 3.8) is 0 Å². The van der Waals surface area contributed by atoms with Crippen LogP contribution in [0.2, 0.25) is 5.02 Å². The molecule has 0 aromatic heterocycles. The van der Waals surface area contributed by atoms with Crippen LogP contribution in [0.4, 0.5) is 0 Å². The first-order valence-electron chi connectivity index (χ1n) is 6.25. The Hall–Kier alpha value is -0.530. The average Bonchev–Trinajstić information content (AvgIpc) is 2.81. The number of hydrogen-bond donors (Lipinski definition) is 1. The molecule has 2 heteroatoms. The highest BCUT2D eigenvalue weighted by Crippen LogP contribution is 2.31. The largest absolute Gasteiger partial charge is 0.310 e. The van der Waals surface area contributed by atoms with E-state index in [-0.39, 0.29) is 0 Å². The van der Waals surface area contributed by atoms with E-state index in [1.165, 1.54) is 24.0 Å². The van der Waals surface area contributed by atoms with Crippen molar-refractivity contribution in [3.8, 4) is 0 Å². The van der Waals surface area contributed by atoms with Crippen molar-refractivity contribution in [3.05, 3.63) is 34.3 Å². The fourth-order valence-corrected chi connectivity index (χ4v) is 2.72. The number of benzene rings is 1. The van der Waals surface area contributed by atoms with Crippen molar-refractivity contribution >= 4 is 11.6 Å². The third-order valence-electron chi connectivity index (χ3n) is 3.63. The van der Waals surface area contributed by atoms with Gasteiger partial charge in [0.15, 0.2) is 0 Å². The Balaban J connectivity index is 2.21. The quantitative estimate of drug-likeness (QED) is 0.828. The van der Waals surface area contributed by atoms with Gasteiger partial charge in [0.25, 0.3) is 0 Å². The fraction of sp³-hybridized carbons (Fsp3) is 0.571. The van der Waals surface area contributed by atoms with Gasteiger partial charge in [-0.2, -0.15) is 0 Å². The SMILES string of the molecule is CCC(C)c1ccc(C2CCCN2)cc1Cl. The molecule has 0 spiro atoms. The summed E-state index contributed by atoms with van der Waals surface area (Å²) in [6.07, 6.45) is 3.65. The highest BCUT2D eigenvalue weighted by atomic mass is 35.5.